The third-order valence-corrected chi connectivity index (χ3v) is 3.60. The zero-order valence-corrected chi connectivity index (χ0v) is 9.03. The number of para-hydroxylation sites is 1. The third-order valence-electron chi connectivity index (χ3n) is 2.27. The largest absolute Gasteiger partial charge is 0.382 e. The van der Waals surface area contributed by atoms with Crippen LogP contribution in [0.15, 0.2) is 30.3 Å². The average Bonchev–Trinajstić information content (AvgIpc) is 2.13. The molecule has 1 aliphatic heterocycles. The zero-order valence-electron chi connectivity index (χ0n) is 8.22. The second-order valence-corrected chi connectivity index (χ2v) is 5.26. The molecule has 0 spiro atoms. The summed E-state index contributed by atoms with van der Waals surface area (Å²) in [6, 6.07) is 8.58. The Hall–Kier alpha value is -1.07. The molecule has 0 aliphatic carbocycles. The van der Waals surface area contributed by atoms with Gasteiger partial charge in [-0.3, -0.25) is 0 Å². The van der Waals surface area contributed by atoms with Gasteiger partial charge in [-0.05, 0) is 12.1 Å². The van der Waals surface area contributed by atoms with Crippen molar-refractivity contribution < 1.29 is 12.6 Å². The summed E-state index contributed by atoms with van der Waals surface area (Å²) in [5, 5.41) is 3.03. The standard InChI is InChI=1S/C10H13NO3S/c12-15(13,8-9-6-11-7-9)14-10-4-2-1-3-5-10/h1-5,9,11H,6-8H2. The first kappa shape index (κ1) is 10.4. The summed E-state index contributed by atoms with van der Waals surface area (Å²) in [7, 11) is -3.43. The van der Waals surface area contributed by atoms with Crippen LogP contribution in [0.5, 0.6) is 5.75 Å². The minimum atomic E-state index is -3.43. The summed E-state index contributed by atoms with van der Waals surface area (Å²) >= 11 is 0. The first-order valence-corrected chi connectivity index (χ1v) is 6.41. The predicted octanol–water partition coefficient (Wildman–Crippen LogP) is 0.615. The van der Waals surface area contributed by atoms with Crippen molar-refractivity contribution in [1.29, 1.82) is 0 Å². The number of benzene rings is 1. The van der Waals surface area contributed by atoms with Crippen LogP contribution >= 0.6 is 0 Å². The van der Waals surface area contributed by atoms with E-state index >= 15 is 0 Å². The van der Waals surface area contributed by atoms with E-state index in [4.69, 9.17) is 4.18 Å². The van der Waals surface area contributed by atoms with Gasteiger partial charge in [0.1, 0.15) is 5.75 Å². The molecule has 1 aromatic carbocycles. The van der Waals surface area contributed by atoms with Gasteiger partial charge in [-0.15, -0.1) is 0 Å². The van der Waals surface area contributed by atoms with Crippen LogP contribution in [-0.2, 0) is 10.1 Å². The normalized spacial score (nSPS) is 17.1. The molecule has 0 amide bonds. The Bertz CT molecular complexity index is 412. The lowest BCUT2D eigenvalue weighted by Crippen LogP contribution is -2.46. The molecule has 4 nitrogen and oxygen atoms in total. The number of hydrogen-bond donors (Lipinski definition) is 1. The smallest absolute Gasteiger partial charge is 0.309 e. The molecule has 1 fully saturated rings. The van der Waals surface area contributed by atoms with Crippen molar-refractivity contribution in [3.05, 3.63) is 30.3 Å². The molecule has 1 N–H and O–H groups in total. The molecule has 5 heteroatoms. The van der Waals surface area contributed by atoms with Gasteiger partial charge in [-0.2, -0.15) is 8.42 Å². The molecule has 0 bridgehead atoms. The van der Waals surface area contributed by atoms with Crippen LogP contribution in [0.3, 0.4) is 0 Å². The highest BCUT2D eigenvalue weighted by molar-refractivity contribution is 7.87. The van der Waals surface area contributed by atoms with Crippen LogP contribution in [0.4, 0.5) is 0 Å². The summed E-state index contributed by atoms with van der Waals surface area (Å²) in [5.74, 6) is 0.665. The topological polar surface area (TPSA) is 55.4 Å². The molecule has 1 saturated heterocycles. The van der Waals surface area contributed by atoms with E-state index in [0.29, 0.717) is 5.75 Å². The minimum absolute atomic E-state index is 0.0922. The summed E-state index contributed by atoms with van der Waals surface area (Å²) in [4.78, 5) is 0. The van der Waals surface area contributed by atoms with Gasteiger partial charge in [0.15, 0.2) is 0 Å². The lowest BCUT2D eigenvalue weighted by molar-refractivity contribution is 0.368. The molecule has 0 atom stereocenters. The van der Waals surface area contributed by atoms with E-state index in [0.717, 1.165) is 13.1 Å². The van der Waals surface area contributed by atoms with Crippen LogP contribution in [0, 0.1) is 5.92 Å². The van der Waals surface area contributed by atoms with Gasteiger partial charge < -0.3 is 9.50 Å². The van der Waals surface area contributed by atoms with Crippen LogP contribution in [0.1, 0.15) is 0 Å². The highest BCUT2D eigenvalue weighted by atomic mass is 32.2. The van der Waals surface area contributed by atoms with E-state index in [2.05, 4.69) is 5.32 Å². The monoisotopic (exact) mass is 227 g/mol. The number of hydrogen-bond acceptors (Lipinski definition) is 4. The van der Waals surface area contributed by atoms with Crippen LogP contribution in [0.25, 0.3) is 0 Å². The third kappa shape index (κ3) is 2.94. The molecule has 0 unspecified atom stereocenters. The maximum atomic E-state index is 11.6. The Labute approximate surface area is 89.4 Å². The molecule has 1 aliphatic rings. The van der Waals surface area contributed by atoms with E-state index in [1.807, 2.05) is 6.07 Å². The molecule has 1 aromatic rings. The first-order chi connectivity index (χ1) is 7.16. The van der Waals surface area contributed by atoms with Gasteiger partial charge in [0.25, 0.3) is 0 Å². The molecular weight excluding hydrogens is 214 g/mol. The Balaban J connectivity index is 1.98. The molecule has 0 saturated carbocycles. The zero-order chi connectivity index (χ0) is 10.7. The molecule has 1 heterocycles. The van der Waals surface area contributed by atoms with E-state index in [9.17, 15) is 8.42 Å². The van der Waals surface area contributed by atoms with Crippen LogP contribution in [0.2, 0.25) is 0 Å². The molecule has 2 rings (SSSR count). The van der Waals surface area contributed by atoms with Crippen molar-refractivity contribution >= 4 is 10.1 Å². The highest BCUT2D eigenvalue weighted by Gasteiger charge is 2.25. The SMILES string of the molecule is O=S(=O)(CC1CNC1)Oc1ccccc1. The lowest BCUT2D eigenvalue weighted by atomic mass is 10.1. The van der Waals surface area contributed by atoms with Crippen molar-refractivity contribution in [2.75, 3.05) is 18.8 Å². The molecule has 0 radical (unpaired) electrons. The predicted molar refractivity (Wildman–Crippen MR) is 57.2 cm³/mol. The van der Waals surface area contributed by atoms with Crippen molar-refractivity contribution in [3.8, 4) is 5.75 Å². The minimum Gasteiger partial charge on any atom is -0.382 e. The molecular formula is C10H13NO3S. The summed E-state index contributed by atoms with van der Waals surface area (Å²) < 4.78 is 28.1. The van der Waals surface area contributed by atoms with Gasteiger partial charge in [0, 0.05) is 19.0 Å². The number of nitrogens with one attached hydrogen (secondary N) is 1. The molecule has 82 valence electrons. The van der Waals surface area contributed by atoms with E-state index in [1.165, 1.54) is 0 Å². The fourth-order valence-electron chi connectivity index (χ4n) is 1.41. The summed E-state index contributed by atoms with van der Waals surface area (Å²) in [6.07, 6.45) is 0. The maximum Gasteiger partial charge on any atom is 0.309 e. The van der Waals surface area contributed by atoms with E-state index < -0.39 is 10.1 Å². The van der Waals surface area contributed by atoms with Gasteiger partial charge in [-0.1, -0.05) is 18.2 Å². The van der Waals surface area contributed by atoms with Gasteiger partial charge in [-0.25, -0.2) is 0 Å². The van der Waals surface area contributed by atoms with Crippen molar-refractivity contribution in [1.82, 2.24) is 5.32 Å². The van der Waals surface area contributed by atoms with Gasteiger partial charge in [0.2, 0.25) is 0 Å². The average molecular weight is 227 g/mol. The van der Waals surface area contributed by atoms with Crippen LogP contribution in [-0.4, -0.2) is 27.3 Å². The van der Waals surface area contributed by atoms with E-state index in [1.54, 1.807) is 24.3 Å². The maximum absolute atomic E-state index is 11.6. The quantitative estimate of drug-likeness (QED) is 0.766. The van der Waals surface area contributed by atoms with Crippen molar-refractivity contribution in [3.63, 3.8) is 0 Å². The van der Waals surface area contributed by atoms with Gasteiger partial charge >= 0.3 is 10.1 Å². The fraction of sp³-hybridized carbons (Fsp3) is 0.400. The van der Waals surface area contributed by atoms with Crippen molar-refractivity contribution in [2.24, 2.45) is 5.92 Å². The Morgan fingerprint density at radius 3 is 2.47 bits per heavy atom. The second-order valence-electron chi connectivity index (χ2n) is 3.65. The van der Waals surface area contributed by atoms with Crippen molar-refractivity contribution in [2.45, 2.75) is 0 Å². The Morgan fingerprint density at radius 1 is 1.27 bits per heavy atom. The highest BCUT2D eigenvalue weighted by Crippen LogP contribution is 2.14. The summed E-state index contributed by atoms with van der Waals surface area (Å²) in [6.45, 7) is 1.52. The fourth-order valence-corrected chi connectivity index (χ4v) is 2.70. The molecule has 15 heavy (non-hydrogen) atoms. The number of rotatable bonds is 4. The van der Waals surface area contributed by atoms with E-state index in [-0.39, 0.29) is 11.7 Å². The van der Waals surface area contributed by atoms with Gasteiger partial charge in [0.05, 0.1) is 5.75 Å². The first-order valence-electron chi connectivity index (χ1n) is 4.84. The lowest BCUT2D eigenvalue weighted by Gasteiger charge is -2.26. The second kappa shape index (κ2) is 4.20. The Kier molecular flexibility index (Phi) is 2.93. The molecule has 0 aromatic heterocycles. The Morgan fingerprint density at radius 2 is 1.93 bits per heavy atom. The van der Waals surface area contributed by atoms with Crippen LogP contribution < -0.4 is 9.50 Å². The summed E-state index contributed by atoms with van der Waals surface area (Å²) in [5.41, 5.74) is 0.